The summed E-state index contributed by atoms with van der Waals surface area (Å²) in [6.07, 6.45) is -0.535. The number of hydrogen-bond acceptors (Lipinski definition) is 8. The van der Waals surface area contributed by atoms with E-state index in [0.29, 0.717) is 17.5 Å². The first-order valence-electron chi connectivity index (χ1n) is 6.34. The monoisotopic (exact) mass is 295 g/mol. The van der Waals surface area contributed by atoms with Gasteiger partial charge >= 0.3 is 6.09 Å². The number of ether oxygens (including phenoxy) is 1. The van der Waals surface area contributed by atoms with Crippen LogP contribution in [0.2, 0.25) is 0 Å². The van der Waals surface area contributed by atoms with Gasteiger partial charge in [-0.1, -0.05) is 5.16 Å². The van der Waals surface area contributed by atoms with Crippen LogP contribution in [0.15, 0.2) is 4.52 Å². The van der Waals surface area contributed by atoms with Crippen LogP contribution in [0, 0.1) is 6.92 Å². The van der Waals surface area contributed by atoms with Crippen molar-refractivity contribution in [3.05, 3.63) is 17.5 Å². The summed E-state index contributed by atoms with van der Waals surface area (Å²) in [5, 5.41) is 17.6. The first-order chi connectivity index (χ1) is 9.83. The molecule has 1 amide bonds. The highest BCUT2D eigenvalue weighted by Crippen LogP contribution is 2.06. The van der Waals surface area contributed by atoms with Crippen molar-refractivity contribution in [2.24, 2.45) is 0 Å². The molecule has 2 aromatic heterocycles. The minimum absolute atomic E-state index is 0.138. The van der Waals surface area contributed by atoms with Gasteiger partial charge in [-0.2, -0.15) is 4.98 Å². The standard InChI is InChI=1S/C11H17N7O3/c1-7-13-8(15-21-7)6-18-9(14-16-17-18)5-12-10(19)20-11(2,3)4/h5-6H2,1-4H3,(H,12,19). The molecule has 114 valence electrons. The fourth-order valence-corrected chi connectivity index (χ4v) is 1.48. The smallest absolute Gasteiger partial charge is 0.408 e. The molecule has 0 unspecified atom stereocenters. The molecule has 0 aliphatic heterocycles. The van der Waals surface area contributed by atoms with Crippen LogP contribution < -0.4 is 5.32 Å². The van der Waals surface area contributed by atoms with Crippen LogP contribution in [-0.4, -0.2) is 42.0 Å². The zero-order valence-corrected chi connectivity index (χ0v) is 12.3. The van der Waals surface area contributed by atoms with Gasteiger partial charge in [0.15, 0.2) is 11.6 Å². The van der Waals surface area contributed by atoms with Crippen LogP contribution >= 0.6 is 0 Å². The summed E-state index contributed by atoms with van der Waals surface area (Å²) in [4.78, 5) is 15.6. The van der Waals surface area contributed by atoms with E-state index in [9.17, 15) is 4.79 Å². The van der Waals surface area contributed by atoms with Crippen LogP contribution in [0.5, 0.6) is 0 Å². The second-order valence-electron chi connectivity index (χ2n) is 5.34. The summed E-state index contributed by atoms with van der Waals surface area (Å²) >= 11 is 0. The lowest BCUT2D eigenvalue weighted by atomic mass is 10.2. The molecule has 0 spiro atoms. The average Bonchev–Trinajstić information content (AvgIpc) is 2.94. The second kappa shape index (κ2) is 5.85. The third kappa shape index (κ3) is 4.51. The molecule has 0 saturated carbocycles. The van der Waals surface area contributed by atoms with E-state index in [-0.39, 0.29) is 13.1 Å². The molecule has 0 fully saturated rings. The summed E-state index contributed by atoms with van der Waals surface area (Å²) in [7, 11) is 0. The second-order valence-corrected chi connectivity index (χ2v) is 5.34. The van der Waals surface area contributed by atoms with Crippen LogP contribution in [0.1, 0.15) is 38.3 Å². The number of aryl methyl sites for hydroxylation is 1. The van der Waals surface area contributed by atoms with Gasteiger partial charge in [0.05, 0.1) is 6.54 Å². The van der Waals surface area contributed by atoms with Gasteiger partial charge in [-0.3, -0.25) is 0 Å². The Bertz CT molecular complexity index is 613. The Morgan fingerprint density at radius 3 is 2.81 bits per heavy atom. The van der Waals surface area contributed by atoms with Gasteiger partial charge < -0.3 is 14.6 Å². The number of carbonyl (C=O) groups is 1. The Morgan fingerprint density at radius 2 is 2.19 bits per heavy atom. The zero-order chi connectivity index (χ0) is 15.5. The maximum absolute atomic E-state index is 11.6. The van der Waals surface area contributed by atoms with Crippen molar-refractivity contribution in [2.75, 3.05) is 0 Å². The molecule has 2 aromatic rings. The number of alkyl carbamates (subject to hydrolysis) is 1. The van der Waals surface area contributed by atoms with Gasteiger partial charge in [0, 0.05) is 6.92 Å². The Hall–Kier alpha value is -2.52. The number of hydrogen-bond donors (Lipinski definition) is 1. The highest BCUT2D eigenvalue weighted by molar-refractivity contribution is 5.67. The SMILES string of the molecule is Cc1nc(Cn2nnnc2CNC(=O)OC(C)(C)C)no1. The van der Waals surface area contributed by atoms with E-state index in [4.69, 9.17) is 9.26 Å². The van der Waals surface area contributed by atoms with E-state index >= 15 is 0 Å². The lowest BCUT2D eigenvalue weighted by molar-refractivity contribution is 0.0521. The van der Waals surface area contributed by atoms with E-state index in [0.717, 1.165) is 0 Å². The van der Waals surface area contributed by atoms with E-state index in [2.05, 4.69) is 31.0 Å². The topological polar surface area (TPSA) is 121 Å². The van der Waals surface area contributed by atoms with Crippen molar-refractivity contribution in [1.29, 1.82) is 0 Å². The largest absolute Gasteiger partial charge is 0.444 e. The van der Waals surface area contributed by atoms with Crippen molar-refractivity contribution >= 4 is 6.09 Å². The van der Waals surface area contributed by atoms with Gasteiger partial charge in [0.2, 0.25) is 5.89 Å². The lowest BCUT2D eigenvalue weighted by Gasteiger charge is -2.19. The Morgan fingerprint density at radius 1 is 1.43 bits per heavy atom. The molecule has 2 heterocycles. The molecular formula is C11H17N7O3. The molecule has 10 nitrogen and oxygen atoms in total. The van der Waals surface area contributed by atoms with Crippen LogP contribution in [0.4, 0.5) is 4.79 Å². The zero-order valence-electron chi connectivity index (χ0n) is 12.3. The summed E-state index contributed by atoms with van der Waals surface area (Å²) < 4.78 is 11.5. The summed E-state index contributed by atoms with van der Waals surface area (Å²) in [5.74, 6) is 1.38. The Balaban J connectivity index is 1.93. The van der Waals surface area contributed by atoms with E-state index in [1.165, 1.54) is 4.68 Å². The van der Waals surface area contributed by atoms with Gasteiger partial charge in [0.1, 0.15) is 12.1 Å². The predicted molar refractivity (Wildman–Crippen MR) is 69.0 cm³/mol. The fraction of sp³-hybridized carbons (Fsp3) is 0.636. The maximum atomic E-state index is 11.6. The minimum Gasteiger partial charge on any atom is -0.444 e. The van der Waals surface area contributed by atoms with E-state index in [1.54, 1.807) is 27.7 Å². The highest BCUT2D eigenvalue weighted by atomic mass is 16.6. The fourth-order valence-electron chi connectivity index (χ4n) is 1.48. The summed E-state index contributed by atoms with van der Waals surface area (Å²) in [6, 6.07) is 0. The number of tetrazole rings is 1. The van der Waals surface area contributed by atoms with Crippen molar-refractivity contribution in [3.63, 3.8) is 0 Å². The van der Waals surface area contributed by atoms with E-state index in [1.807, 2.05) is 0 Å². The van der Waals surface area contributed by atoms with Crippen molar-refractivity contribution in [2.45, 2.75) is 46.4 Å². The number of nitrogens with one attached hydrogen (secondary N) is 1. The molecule has 0 atom stereocenters. The molecule has 1 N–H and O–H groups in total. The van der Waals surface area contributed by atoms with Gasteiger partial charge in [0.25, 0.3) is 0 Å². The molecule has 21 heavy (non-hydrogen) atoms. The van der Waals surface area contributed by atoms with Crippen LogP contribution in [0.25, 0.3) is 0 Å². The normalized spacial score (nSPS) is 11.4. The lowest BCUT2D eigenvalue weighted by Crippen LogP contribution is -2.32. The van der Waals surface area contributed by atoms with Gasteiger partial charge in [-0.25, -0.2) is 9.48 Å². The van der Waals surface area contributed by atoms with E-state index < -0.39 is 11.7 Å². The van der Waals surface area contributed by atoms with Crippen LogP contribution in [-0.2, 0) is 17.8 Å². The molecule has 0 bridgehead atoms. The Labute approximate surface area is 120 Å². The first-order valence-corrected chi connectivity index (χ1v) is 6.34. The molecular weight excluding hydrogens is 278 g/mol. The molecule has 0 saturated heterocycles. The summed E-state index contributed by atoms with van der Waals surface area (Å²) in [6.45, 7) is 7.45. The molecule has 0 radical (unpaired) electrons. The van der Waals surface area contributed by atoms with Crippen molar-refractivity contribution in [3.8, 4) is 0 Å². The number of rotatable bonds is 4. The maximum Gasteiger partial charge on any atom is 0.408 e. The van der Waals surface area contributed by atoms with Crippen molar-refractivity contribution < 1.29 is 14.1 Å². The average molecular weight is 295 g/mol. The minimum atomic E-state index is -0.557. The molecule has 0 aromatic carbocycles. The van der Waals surface area contributed by atoms with Gasteiger partial charge in [-0.05, 0) is 31.2 Å². The third-order valence-electron chi connectivity index (χ3n) is 2.26. The number of nitrogens with zero attached hydrogens (tertiary/aromatic N) is 6. The third-order valence-corrected chi connectivity index (χ3v) is 2.26. The first kappa shape index (κ1) is 14.9. The Kier molecular flexibility index (Phi) is 4.15. The van der Waals surface area contributed by atoms with Gasteiger partial charge in [-0.15, -0.1) is 5.10 Å². The molecule has 2 rings (SSSR count). The molecule has 0 aliphatic rings. The van der Waals surface area contributed by atoms with Crippen LogP contribution in [0.3, 0.4) is 0 Å². The summed E-state index contributed by atoms with van der Waals surface area (Å²) in [5.41, 5.74) is -0.557. The quantitative estimate of drug-likeness (QED) is 0.862. The predicted octanol–water partition coefficient (Wildman–Crippen LogP) is 0.438. The van der Waals surface area contributed by atoms with Crippen molar-refractivity contribution in [1.82, 2.24) is 35.7 Å². The number of carbonyl (C=O) groups excluding carboxylic acids is 1. The molecule has 0 aliphatic carbocycles. The number of amides is 1. The number of aromatic nitrogens is 6. The highest BCUT2D eigenvalue weighted by Gasteiger charge is 2.17. The molecule has 10 heteroatoms.